The van der Waals surface area contributed by atoms with Gasteiger partial charge in [0.25, 0.3) is 0 Å². The smallest absolute Gasteiger partial charge is 0.227 e. The van der Waals surface area contributed by atoms with Gasteiger partial charge in [-0.05, 0) is 43.2 Å². The Hall–Kier alpha value is -1.42. The van der Waals surface area contributed by atoms with Crippen LogP contribution in [0.5, 0.6) is 0 Å². The first-order chi connectivity index (χ1) is 9.13. The van der Waals surface area contributed by atoms with E-state index in [1.807, 2.05) is 24.0 Å². The number of nitrogens with zero attached hydrogens (tertiary/aromatic N) is 2. The van der Waals surface area contributed by atoms with Crippen molar-refractivity contribution in [3.63, 3.8) is 0 Å². The zero-order valence-corrected chi connectivity index (χ0v) is 11.4. The summed E-state index contributed by atoms with van der Waals surface area (Å²) in [5.74, 6) is 1.38. The molecule has 1 amide bonds. The zero-order chi connectivity index (χ0) is 13.4. The van der Waals surface area contributed by atoms with Crippen molar-refractivity contribution < 1.29 is 4.79 Å². The second-order valence-corrected chi connectivity index (χ2v) is 5.95. The molecule has 1 saturated carbocycles. The molecule has 4 heteroatoms. The van der Waals surface area contributed by atoms with Crippen molar-refractivity contribution in [1.29, 1.82) is 0 Å². The van der Waals surface area contributed by atoms with Gasteiger partial charge >= 0.3 is 0 Å². The molecule has 2 heterocycles. The van der Waals surface area contributed by atoms with E-state index in [0.717, 1.165) is 30.8 Å². The van der Waals surface area contributed by atoms with E-state index in [1.165, 1.54) is 6.42 Å². The van der Waals surface area contributed by atoms with Gasteiger partial charge in [0, 0.05) is 31.0 Å². The number of carbonyl (C=O) groups is 1. The molecule has 102 valence electrons. The first-order valence-electron chi connectivity index (χ1n) is 7.08. The van der Waals surface area contributed by atoms with Crippen molar-refractivity contribution in [3.05, 3.63) is 29.6 Å². The van der Waals surface area contributed by atoms with E-state index >= 15 is 0 Å². The Balaban J connectivity index is 1.61. The number of nitrogens with two attached hydrogens (primary N) is 1. The summed E-state index contributed by atoms with van der Waals surface area (Å²) in [7, 11) is 0. The molecule has 0 aromatic carbocycles. The van der Waals surface area contributed by atoms with Crippen molar-refractivity contribution in [3.8, 4) is 0 Å². The van der Waals surface area contributed by atoms with E-state index in [2.05, 4.69) is 4.98 Å². The third kappa shape index (κ3) is 2.50. The Morgan fingerprint density at radius 1 is 1.42 bits per heavy atom. The van der Waals surface area contributed by atoms with E-state index in [4.69, 9.17) is 5.73 Å². The van der Waals surface area contributed by atoms with Gasteiger partial charge < -0.3 is 10.6 Å². The fourth-order valence-electron chi connectivity index (χ4n) is 3.40. The molecule has 3 rings (SSSR count). The van der Waals surface area contributed by atoms with Crippen molar-refractivity contribution in [1.82, 2.24) is 9.88 Å². The highest BCUT2D eigenvalue weighted by Crippen LogP contribution is 2.37. The number of likely N-dealkylation sites (tertiary alicyclic amines) is 1. The van der Waals surface area contributed by atoms with Crippen molar-refractivity contribution in [2.45, 2.75) is 32.2 Å². The summed E-state index contributed by atoms with van der Waals surface area (Å²) >= 11 is 0. The zero-order valence-electron chi connectivity index (χ0n) is 11.4. The van der Waals surface area contributed by atoms with Gasteiger partial charge in [-0.2, -0.15) is 0 Å². The molecule has 0 radical (unpaired) electrons. The highest BCUT2D eigenvalue weighted by atomic mass is 16.2. The van der Waals surface area contributed by atoms with E-state index in [1.54, 1.807) is 6.20 Å². The van der Waals surface area contributed by atoms with Crippen molar-refractivity contribution in [2.75, 3.05) is 13.1 Å². The second-order valence-electron chi connectivity index (χ2n) is 5.95. The SMILES string of the molecule is Cc1ccc(CC(=O)N2CC3CCC(N)C3C2)cn1. The van der Waals surface area contributed by atoms with Gasteiger partial charge in [-0.15, -0.1) is 0 Å². The molecule has 1 aromatic rings. The summed E-state index contributed by atoms with van der Waals surface area (Å²) in [4.78, 5) is 18.5. The van der Waals surface area contributed by atoms with Crippen LogP contribution in [0.2, 0.25) is 0 Å². The standard InChI is InChI=1S/C15H21N3O/c1-10-2-3-11(7-17-10)6-15(19)18-8-12-4-5-14(16)13(12)9-18/h2-3,7,12-14H,4-6,8-9,16H2,1H3. The van der Waals surface area contributed by atoms with E-state index < -0.39 is 0 Å². The summed E-state index contributed by atoms with van der Waals surface area (Å²) in [5.41, 5.74) is 8.08. The Kier molecular flexibility index (Phi) is 3.27. The maximum atomic E-state index is 12.3. The topological polar surface area (TPSA) is 59.2 Å². The third-order valence-corrected chi connectivity index (χ3v) is 4.59. The van der Waals surface area contributed by atoms with Gasteiger partial charge in [0.2, 0.25) is 5.91 Å². The predicted octanol–water partition coefficient (Wildman–Crippen LogP) is 1.13. The first-order valence-corrected chi connectivity index (χ1v) is 7.08. The molecule has 1 aliphatic carbocycles. The van der Waals surface area contributed by atoms with Crippen LogP contribution in [0.3, 0.4) is 0 Å². The summed E-state index contributed by atoms with van der Waals surface area (Å²) in [6.45, 7) is 3.70. The van der Waals surface area contributed by atoms with Crippen LogP contribution in [0.25, 0.3) is 0 Å². The average molecular weight is 259 g/mol. The fraction of sp³-hybridized carbons (Fsp3) is 0.600. The summed E-state index contributed by atoms with van der Waals surface area (Å²) in [6, 6.07) is 4.24. The van der Waals surface area contributed by atoms with Gasteiger partial charge in [0.15, 0.2) is 0 Å². The second kappa shape index (κ2) is 4.93. The molecule has 3 atom stereocenters. The molecular formula is C15H21N3O. The van der Waals surface area contributed by atoms with Crippen LogP contribution in [0.1, 0.15) is 24.1 Å². The normalized spacial score (nSPS) is 29.6. The molecule has 2 fully saturated rings. The van der Waals surface area contributed by atoms with E-state index in [-0.39, 0.29) is 5.91 Å². The first kappa shape index (κ1) is 12.6. The maximum Gasteiger partial charge on any atom is 0.227 e. The number of pyridine rings is 1. The summed E-state index contributed by atoms with van der Waals surface area (Å²) < 4.78 is 0. The third-order valence-electron chi connectivity index (χ3n) is 4.59. The number of hydrogen-bond donors (Lipinski definition) is 1. The lowest BCUT2D eigenvalue weighted by molar-refractivity contribution is -0.129. The minimum absolute atomic E-state index is 0.215. The minimum atomic E-state index is 0.215. The van der Waals surface area contributed by atoms with Gasteiger partial charge in [0.1, 0.15) is 0 Å². The molecule has 4 nitrogen and oxygen atoms in total. The lowest BCUT2D eigenvalue weighted by Gasteiger charge is -2.18. The lowest BCUT2D eigenvalue weighted by Crippen LogP contribution is -2.34. The molecule has 1 aliphatic heterocycles. The molecule has 3 unspecified atom stereocenters. The molecule has 1 aromatic heterocycles. The number of aromatic nitrogens is 1. The summed E-state index contributed by atoms with van der Waals surface area (Å²) in [5, 5.41) is 0. The molecular weight excluding hydrogens is 238 g/mol. The molecule has 0 bridgehead atoms. The molecule has 2 aliphatic rings. The Bertz CT molecular complexity index is 471. The van der Waals surface area contributed by atoms with Crippen LogP contribution in [-0.2, 0) is 11.2 Å². The van der Waals surface area contributed by atoms with Gasteiger partial charge in [-0.3, -0.25) is 9.78 Å². The predicted molar refractivity (Wildman–Crippen MR) is 73.4 cm³/mol. The van der Waals surface area contributed by atoms with Crippen LogP contribution < -0.4 is 5.73 Å². The number of amides is 1. The number of rotatable bonds is 2. The molecule has 0 spiro atoms. The Morgan fingerprint density at radius 3 is 2.95 bits per heavy atom. The van der Waals surface area contributed by atoms with Crippen molar-refractivity contribution in [2.24, 2.45) is 17.6 Å². The Morgan fingerprint density at radius 2 is 2.26 bits per heavy atom. The number of fused-ring (bicyclic) bond motifs is 1. The lowest BCUT2D eigenvalue weighted by atomic mass is 9.98. The quantitative estimate of drug-likeness (QED) is 0.866. The van der Waals surface area contributed by atoms with Crippen LogP contribution in [0, 0.1) is 18.8 Å². The van der Waals surface area contributed by atoms with Crippen LogP contribution in [0.4, 0.5) is 0 Å². The molecule has 2 N–H and O–H groups in total. The summed E-state index contributed by atoms with van der Waals surface area (Å²) in [6.07, 6.45) is 4.57. The Labute approximate surface area is 114 Å². The maximum absolute atomic E-state index is 12.3. The highest BCUT2D eigenvalue weighted by Gasteiger charge is 2.42. The average Bonchev–Trinajstić information content (AvgIpc) is 2.95. The van der Waals surface area contributed by atoms with E-state index in [9.17, 15) is 4.79 Å². The monoisotopic (exact) mass is 259 g/mol. The molecule has 1 saturated heterocycles. The largest absolute Gasteiger partial charge is 0.342 e. The minimum Gasteiger partial charge on any atom is -0.342 e. The number of aryl methyl sites for hydroxylation is 1. The van der Waals surface area contributed by atoms with Crippen LogP contribution in [0.15, 0.2) is 18.3 Å². The highest BCUT2D eigenvalue weighted by molar-refractivity contribution is 5.79. The van der Waals surface area contributed by atoms with Crippen molar-refractivity contribution >= 4 is 5.91 Å². The molecule has 19 heavy (non-hydrogen) atoms. The number of carbonyl (C=O) groups excluding carboxylic acids is 1. The van der Waals surface area contributed by atoms with Crippen LogP contribution >= 0.6 is 0 Å². The van der Waals surface area contributed by atoms with Gasteiger partial charge in [0.05, 0.1) is 6.42 Å². The number of hydrogen-bond acceptors (Lipinski definition) is 3. The van der Waals surface area contributed by atoms with E-state index in [0.29, 0.717) is 24.3 Å². The van der Waals surface area contributed by atoms with Gasteiger partial charge in [-0.1, -0.05) is 6.07 Å². The van der Waals surface area contributed by atoms with Gasteiger partial charge in [-0.25, -0.2) is 0 Å². The fourth-order valence-corrected chi connectivity index (χ4v) is 3.40. The van der Waals surface area contributed by atoms with Crippen LogP contribution in [-0.4, -0.2) is 34.9 Å².